The Bertz CT molecular complexity index is 1530. The maximum Gasteiger partial charge on any atom is 0.333 e. The quantitative estimate of drug-likeness (QED) is 0.0812. The predicted octanol–water partition coefficient (Wildman–Crippen LogP) is -0.984. The molecule has 4 heterocycles. The number of esters is 1. The maximum atomic E-state index is 12.7. The number of epoxide rings is 1. The lowest BCUT2D eigenvalue weighted by Crippen LogP contribution is -2.71. The number of aliphatic hydroxyl groups is 9. The van der Waals surface area contributed by atoms with E-state index in [4.69, 9.17) is 28.4 Å². The molecular weight excluding hydrogens is 736 g/mol. The molecule has 0 spiro atoms. The highest BCUT2D eigenvalue weighted by Gasteiger charge is 2.78. The zero-order chi connectivity index (χ0) is 40.4. The molecule has 8 aliphatic rings. The van der Waals surface area contributed by atoms with Gasteiger partial charge >= 0.3 is 5.97 Å². The second-order valence-electron chi connectivity index (χ2n) is 18.9. The van der Waals surface area contributed by atoms with Crippen molar-refractivity contribution in [2.24, 2.45) is 40.4 Å². The molecule has 56 heavy (non-hydrogen) atoms. The van der Waals surface area contributed by atoms with Crippen LogP contribution in [0.25, 0.3) is 0 Å². The average Bonchev–Trinajstić information content (AvgIpc) is 3.90. The van der Waals surface area contributed by atoms with Crippen LogP contribution in [0.2, 0.25) is 0 Å². The molecule has 4 aliphatic heterocycles. The Balaban J connectivity index is 0.945. The fourth-order valence-electron chi connectivity index (χ4n) is 12.8. The van der Waals surface area contributed by atoms with Crippen molar-refractivity contribution in [2.75, 3.05) is 13.2 Å². The molecule has 0 radical (unpaired) electrons. The van der Waals surface area contributed by atoms with Crippen LogP contribution in [0.15, 0.2) is 11.1 Å². The highest BCUT2D eigenvalue weighted by molar-refractivity contribution is 5.89. The van der Waals surface area contributed by atoms with E-state index >= 15 is 0 Å². The van der Waals surface area contributed by atoms with Crippen molar-refractivity contribution in [2.45, 2.75) is 177 Å². The summed E-state index contributed by atoms with van der Waals surface area (Å²) in [5.74, 6) is 0.710. The van der Waals surface area contributed by atoms with Gasteiger partial charge in [-0.2, -0.15) is 0 Å². The van der Waals surface area contributed by atoms with Crippen molar-refractivity contribution in [1.29, 1.82) is 0 Å². The third kappa shape index (κ3) is 6.19. The van der Waals surface area contributed by atoms with Gasteiger partial charge in [0.25, 0.3) is 0 Å². The normalized spacial score (nSPS) is 56.0. The highest BCUT2D eigenvalue weighted by atomic mass is 16.7. The molecule has 4 aliphatic carbocycles. The van der Waals surface area contributed by atoms with E-state index in [9.17, 15) is 50.8 Å². The Morgan fingerprint density at radius 3 is 2.18 bits per heavy atom. The summed E-state index contributed by atoms with van der Waals surface area (Å²) in [6.07, 6.45) is -13.8. The van der Waals surface area contributed by atoms with Gasteiger partial charge in [0.1, 0.15) is 66.6 Å². The smallest absolute Gasteiger partial charge is 0.333 e. The van der Waals surface area contributed by atoms with Crippen LogP contribution >= 0.6 is 0 Å². The molecule has 0 amide bonds. The van der Waals surface area contributed by atoms with Crippen LogP contribution in [0.3, 0.4) is 0 Å². The van der Waals surface area contributed by atoms with Crippen LogP contribution in [0.4, 0.5) is 0 Å². The number of rotatable bonds is 8. The zero-order valence-corrected chi connectivity index (χ0v) is 32.8. The minimum absolute atomic E-state index is 0.0202. The first-order chi connectivity index (χ1) is 26.4. The van der Waals surface area contributed by atoms with Crippen molar-refractivity contribution in [3.8, 4) is 0 Å². The standard InChI is InChI=1S/C40H62O16/c1-15-10-22(53-35(49)16(15)2)17(3)19-6-7-20-26-21(8-9-38(19,20)4)39(5)25(42)11-18(12-40(39,50)34-33(26)56-34)52-37-32(48)30(46)28(44)24(55-37)14-51-36-31(47)29(45)27(43)23(13-41)54-36/h17-34,36-37,41-48,50H,6-14H2,1-5H3/t17-,18-,19+,20-,21-,22-,23+,24-,25+,26+,27-,28-,29-,30+,31+,32-,33-,34-,36+,37+,38-,39+,40+/m1/s1. The summed E-state index contributed by atoms with van der Waals surface area (Å²) < 4.78 is 35.4. The summed E-state index contributed by atoms with van der Waals surface area (Å²) in [7, 11) is 0. The first-order valence-corrected chi connectivity index (χ1v) is 20.6. The van der Waals surface area contributed by atoms with Gasteiger partial charge in [-0.05, 0) is 74.5 Å². The summed E-state index contributed by atoms with van der Waals surface area (Å²) in [5.41, 5.74) is -0.634. The van der Waals surface area contributed by atoms with Crippen LogP contribution < -0.4 is 0 Å². The lowest BCUT2D eigenvalue weighted by Gasteiger charge is -2.64. The van der Waals surface area contributed by atoms with Gasteiger partial charge in [-0.15, -0.1) is 0 Å². The maximum absolute atomic E-state index is 12.7. The minimum atomic E-state index is -1.74. The minimum Gasteiger partial charge on any atom is -0.458 e. The van der Waals surface area contributed by atoms with E-state index in [0.717, 1.165) is 37.7 Å². The van der Waals surface area contributed by atoms with Gasteiger partial charge < -0.3 is 74.4 Å². The molecule has 16 heteroatoms. The third-order valence-electron chi connectivity index (χ3n) is 16.4. The first kappa shape index (κ1) is 41.4. The van der Waals surface area contributed by atoms with E-state index in [1.165, 1.54) is 0 Å². The molecule has 23 atom stereocenters. The molecule has 4 saturated carbocycles. The van der Waals surface area contributed by atoms with Gasteiger partial charge in [0.2, 0.25) is 0 Å². The second-order valence-corrected chi connectivity index (χ2v) is 18.9. The highest BCUT2D eigenvalue weighted by Crippen LogP contribution is 2.73. The third-order valence-corrected chi connectivity index (χ3v) is 16.4. The van der Waals surface area contributed by atoms with Gasteiger partial charge in [0, 0.05) is 30.3 Å². The van der Waals surface area contributed by atoms with Gasteiger partial charge in [0.05, 0.1) is 31.5 Å². The van der Waals surface area contributed by atoms with Gasteiger partial charge in [0.15, 0.2) is 12.6 Å². The van der Waals surface area contributed by atoms with Gasteiger partial charge in [-0.1, -0.05) is 26.3 Å². The molecule has 7 fully saturated rings. The zero-order valence-electron chi connectivity index (χ0n) is 32.8. The van der Waals surface area contributed by atoms with Crippen molar-refractivity contribution < 1.29 is 79.2 Å². The molecule has 9 N–H and O–H groups in total. The first-order valence-electron chi connectivity index (χ1n) is 20.6. The van der Waals surface area contributed by atoms with E-state index in [1.54, 1.807) is 0 Å². The largest absolute Gasteiger partial charge is 0.458 e. The number of carbonyl (C=O) groups is 1. The molecular formula is C40H62O16. The number of ether oxygens (including phenoxy) is 6. The number of aliphatic hydroxyl groups excluding tert-OH is 8. The molecule has 0 aromatic carbocycles. The topological polar surface area (TPSA) is 258 Å². The summed E-state index contributed by atoms with van der Waals surface area (Å²) in [5, 5.41) is 97.3. The molecule has 318 valence electrons. The van der Waals surface area contributed by atoms with Crippen LogP contribution in [0.5, 0.6) is 0 Å². The summed E-state index contributed by atoms with van der Waals surface area (Å²) in [6.45, 7) is 9.24. The number of cyclic esters (lactones) is 1. The Kier molecular flexibility index (Phi) is 10.8. The molecule has 8 rings (SSSR count). The average molecular weight is 799 g/mol. The van der Waals surface area contributed by atoms with Gasteiger partial charge in [-0.3, -0.25) is 0 Å². The Labute approximate surface area is 326 Å². The molecule has 3 saturated heterocycles. The van der Waals surface area contributed by atoms with Crippen LogP contribution in [-0.2, 0) is 33.2 Å². The SMILES string of the molecule is CC1=C(C)C(=O)O[C@@H]([C@H](C)[C@@H]2CC[C@@H]3[C@@H]4[C@H]5O[C@H]5[C@@]5(O)C[C@H](O[C@H]6O[C@H](CO[C@H]7O[C@@H](CO)[C@@H](O)[C@@H](O)[C@@H]7O)[C@@H](O)[C@H](O)[C@H]6O)C[C@H](O)[C@]5(C)[C@@H]4CC[C@@]32C)C1. The van der Waals surface area contributed by atoms with Crippen molar-refractivity contribution in [3.05, 3.63) is 11.1 Å². The predicted molar refractivity (Wildman–Crippen MR) is 191 cm³/mol. The molecule has 0 aromatic rings. The number of hydrogen-bond donors (Lipinski definition) is 9. The Hall–Kier alpha value is -1.35. The molecule has 16 nitrogen and oxygen atoms in total. The Morgan fingerprint density at radius 2 is 1.50 bits per heavy atom. The monoisotopic (exact) mass is 798 g/mol. The lowest BCUT2D eigenvalue weighted by atomic mass is 9.42. The second kappa shape index (κ2) is 14.7. The summed E-state index contributed by atoms with van der Waals surface area (Å²) in [4.78, 5) is 12.7. The van der Waals surface area contributed by atoms with Crippen molar-refractivity contribution >= 4 is 5.97 Å². The van der Waals surface area contributed by atoms with E-state index in [1.807, 2.05) is 20.8 Å². The molecule has 0 unspecified atom stereocenters. The molecule has 0 aromatic heterocycles. The fraction of sp³-hybridized carbons (Fsp3) is 0.925. The van der Waals surface area contributed by atoms with Crippen LogP contribution in [0.1, 0.15) is 79.6 Å². The van der Waals surface area contributed by atoms with Gasteiger partial charge in [-0.25, -0.2) is 4.79 Å². The van der Waals surface area contributed by atoms with Crippen LogP contribution in [0, 0.1) is 40.4 Å². The summed E-state index contributed by atoms with van der Waals surface area (Å²) >= 11 is 0. The molecule has 0 bridgehead atoms. The van der Waals surface area contributed by atoms with E-state index in [0.29, 0.717) is 17.4 Å². The van der Waals surface area contributed by atoms with E-state index in [-0.39, 0.29) is 54.2 Å². The van der Waals surface area contributed by atoms with Crippen LogP contribution in [-0.4, -0.2) is 163 Å². The number of carbonyl (C=O) groups excluding carboxylic acids is 1. The number of hydrogen-bond acceptors (Lipinski definition) is 16. The van der Waals surface area contributed by atoms with E-state index in [2.05, 4.69) is 13.8 Å². The number of fused-ring (bicyclic) bond motifs is 8. The fourth-order valence-corrected chi connectivity index (χ4v) is 12.8. The van der Waals surface area contributed by atoms with Crippen molar-refractivity contribution in [3.63, 3.8) is 0 Å². The summed E-state index contributed by atoms with van der Waals surface area (Å²) in [6, 6.07) is 0. The lowest BCUT2D eigenvalue weighted by molar-refractivity contribution is -0.344. The Morgan fingerprint density at radius 1 is 0.839 bits per heavy atom. The van der Waals surface area contributed by atoms with E-state index < -0.39 is 104 Å². The van der Waals surface area contributed by atoms with Crippen molar-refractivity contribution in [1.82, 2.24) is 0 Å².